The molecule has 1 atom stereocenters. The first kappa shape index (κ1) is 20.5. The maximum atomic E-state index is 12.9. The van der Waals surface area contributed by atoms with Crippen molar-refractivity contribution in [3.8, 4) is 0 Å². The van der Waals surface area contributed by atoms with E-state index in [4.69, 9.17) is 0 Å². The minimum absolute atomic E-state index is 0.201. The molecule has 29 heavy (non-hydrogen) atoms. The van der Waals surface area contributed by atoms with Gasteiger partial charge in [-0.2, -0.15) is 0 Å². The Kier molecular flexibility index (Phi) is 5.69. The van der Waals surface area contributed by atoms with Gasteiger partial charge < -0.3 is 16.0 Å². The maximum Gasteiger partial charge on any atom is 0.325 e. The Morgan fingerprint density at radius 2 is 1.62 bits per heavy atom. The van der Waals surface area contributed by atoms with Gasteiger partial charge >= 0.3 is 6.03 Å². The van der Waals surface area contributed by atoms with Gasteiger partial charge in [-0.15, -0.1) is 0 Å². The minimum atomic E-state index is -1.27. The van der Waals surface area contributed by atoms with E-state index >= 15 is 0 Å². The van der Waals surface area contributed by atoms with Crippen molar-refractivity contribution in [1.29, 1.82) is 0 Å². The van der Waals surface area contributed by atoms with Crippen molar-refractivity contribution in [2.75, 3.05) is 17.2 Å². The smallest absolute Gasteiger partial charge is 0.325 e. The number of imide groups is 1. The Morgan fingerprint density at radius 3 is 2.21 bits per heavy atom. The van der Waals surface area contributed by atoms with Crippen LogP contribution >= 0.6 is 15.9 Å². The van der Waals surface area contributed by atoms with Crippen LogP contribution in [0.25, 0.3) is 0 Å². The van der Waals surface area contributed by atoms with Gasteiger partial charge in [-0.1, -0.05) is 34.1 Å². The zero-order chi connectivity index (χ0) is 21.2. The Morgan fingerprint density at radius 1 is 1.03 bits per heavy atom. The summed E-state index contributed by atoms with van der Waals surface area (Å²) in [6.45, 7) is 2.58. The lowest BCUT2D eigenvalue weighted by atomic mass is 9.92. The number of rotatable bonds is 5. The van der Waals surface area contributed by atoms with Gasteiger partial charge in [0, 0.05) is 28.3 Å². The molecule has 1 aliphatic heterocycles. The van der Waals surface area contributed by atoms with Crippen molar-refractivity contribution >= 4 is 51.1 Å². The monoisotopic (exact) mass is 458 g/mol. The number of carbonyl (C=O) groups excluding carboxylic acids is 4. The molecular formula is C20H19BrN4O4. The predicted octanol–water partition coefficient (Wildman–Crippen LogP) is 2.81. The lowest BCUT2D eigenvalue weighted by molar-refractivity contribution is -0.133. The molecule has 5 amide bonds. The number of benzene rings is 2. The SMILES string of the molecule is CC(=O)Nc1ccc(NC(=O)CN2C(=O)N[C@](C)(c3ccccc3Br)C2=O)cc1. The van der Waals surface area contributed by atoms with E-state index in [1.807, 2.05) is 0 Å². The summed E-state index contributed by atoms with van der Waals surface area (Å²) >= 11 is 3.40. The quantitative estimate of drug-likeness (QED) is 0.598. The van der Waals surface area contributed by atoms with Crippen molar-refractivity contribution in [3.63, 3.8) is 0 Å². The fourth-order valence-electron chi connectivity index (χ4n) is 3.07. The highest BCUT2D eigenvalue weighted by molar-refractivity contribution is 9.10. The summed E-state index contributed by atoms with van der Waals surface area (Å²) in [7, 11) is 0. The number of nitrogens with zero attached hydrogens (tertiary/aromatic N) is 1. The molecule has 0 radical (unpaired) electrons. The Hall–Kier alpha value is -3.20. The molecule has 0 aliphatic carbocycles. The van der Waals surface area contributed by atoms with Gasteiger partial charge in [0.15, 0.2) is 0 Å². The van der Waals surface area contributed by atoms with Crippen LogP contribution in [-0.4, -0.2) is 35.2 Å². The van der Waals surface area contributed by atoms with Crippen LogP contribution < -0.4 is 16.0 Å². The average Bonchev–Trinajstić information content (AvgIpc) is 2.87. The predicted molar refractivity (Wildman–Crippen MR) is 111 cm³/mol. The molecule has 1 fully saturated rings. The minimum Gasteiger partial charge on any atom is -0.326 e. The number of urea groups is 1. The first-order chi connectivity index (χ1) is 13.7. The van der Waals surface area contributed by atoms with Gasteiger partial charge in [-0.25, -0.2) is 4.79 Å². The van der Waals surface area contributed by atoms with Crippen molar-refractivity contribution in [1.82, 2.24) is 10.2 Å². The van der Waals surface area contributed by atoms with Crippen molar-refractivity contribution in [2.45, 2.75) is 19.4 Å². The van der Waals surface area contributed by atoms with Gasteiger partial charge in [-0.3, -0.25) is 19.3 Å². The Labute approximate surface area is 175 Å². The zero-order valence-corrected chi connectivity index (χ0v) is 17.4. The number of halogens is 1. The highest BCUT2D eigenvalue weighted by Crippen LogP contribution is 2.33. The summed E-state index contributed by atoms with van der Waals surface area (Å²) in [5, 5.41) is 7.93. The Bertz CT molecular complexity index is 992. The van der Waals surface area contributed by atoms with E-state index in [1.165, 1.54) is 6.92 Å². The fraction of sp³-hybridized carbons (Fsp3) is 0.200. The second-order valence-electron chi connectivity index (χ2n) is 6.73. The average molecular weight is 459 g/mol. The lowest BCUT2D eigenvalue weighted by Crippen LogP contribution is -2.42. The third-order valence-corrected chi connectivity index (χ3v) is 5.17. The molecule has 0 unspecified atom stereocenters. The van der Waals surface area contributed by atoms with Crippen molar-refractivity contribution in [3.05, 3.63) is 58.6 Å². The number of hydrogen-bond acceptors (Lipinski definition) is 4. The molecule has 2 aromatic carbocycles. The summed E-state index contributed by atoms with van der Waals surface area (Å²) in [6.07, 6.45) is 0. The van der Waals surface area contributed by atoms with Crippen LogP contribution in [0.3, 0.4) is 0 Å². The molecule has 8 nitrogen and oxygen atoms in total. The van der Waals surface area contributed by atoms with Crippen molar-refractivity contribution < 1.29 is 19.2 Å². The molecule has 1 aliphatic rings. The summed E-state index contributed by atoms with van der Waals surface area (Å²) in [5.41, 5.74) is 0.408. The van der Waals surface area contributed by atoms with E-state index < -0.39 is 29.9 Å². The normalized spacial score (nSPS) is 18.4. The summed E-state index contributed by atoms with van der Waals surface area (Å²) in [4.78, 5) is 49.6. The fourth-order valence-corrected chi connectivity index (χ4v) is 3.76. The van der Waals surface area contributed by atoms with Crippen molar-refractivity contribution in [2.24, 2.45) is 0 Å². The molecule has 0 saturated carbocycles. The molecule has 3 rings (SSSR count). The molecule has 150 valence electrons. The number of carbonyl (C=O) groups is 4. The summed E-state index contributed by atoms with van der Waals surface area (Å²) in [6, 6.07) is 12.9. The van der Waals surface area contributed by atoms with Crippen LogP contribution in [0, 0.1) is 0 Å². The number of nitrogens with one attached hydrogen (secondary N) is 3. The second-order valence-corrected chi connectivity index (χ2v) is 7.59. The lowest BCUT2D eigenvalue weighted by Gasteiger charge is -2.23. The molecule has 9 heteroatoms. The molecule has 3 N–H and O–H groups in total. The van der Waals surface area contributed by atoms with Gasteiger partial charge in [0.05, 0.1) is 0 Å². The van der Waals surface area contributed by atoms with Crippen LogP contribution in [-0.2, 0) is 19.9 Å². The first-order valence-corrected chi connectivity index (χ1v) is 9.56. The zero-order valence-electron chi connectivity index (χ0n) is 15.8. The first-order valence-electron chi connectivity index (χ1n) is 8.77. The third-order valence-electron chi connectivity index (χ3n) is 4.48. The molecule has 0 spiro atoms. The van der Waals surface area contributed by atoms with Gasteiger partial charge in [-0.05, 0) is 37.3 Å². The highest BCUT2D eigenvalue weighted by atomic mass is 79.9. The van der Waals surface area contributed by atoms with Crippen LogP contribution in [0.15, 0.2) is 53.0 Å². The summed E-state index contributed by atoms with van der Waals surface area (Å²) < 4.78 is 0.682. The van der Waals surface area contributed by atoms with Crippen LogP contribution in [0.1, 0.15) is 19.4 Å². The second kappa shape index (κ2) is 8.04. The number of amides is 5. The number of hydrogen-bond donors (Lipinski definition) is 3. The van der Waals surface area contributed by atoms with E-state index in [9.17, 15) is 19.2 Å². The maximum absolute atomic E-state index is 12.9. The molecule has 1 saturated heterocycles. The molecule has 0 bridgehead atoms. The van der Waals surface area contributed by atoms with E-state index in [2.05, 4.69) is 31.9 Å². The van der Waals surface area contributed by atoms with Gasteiger partial charge in [0.2, 0.25) is 11.8 Å². The number of anilines is 2. The Balaban J connectivity index is 1.69. The van der Waals surface area contributed by atoms with E-state index in [-0.39, 0.29) is 5.91 Å². The standard InChI is InChI=1S/C20H19BrN4O4/c1-12(26)22-13-7-9-14(10-8-13)23-17(27)11-25-18(28)20(2,24-19(25)29)15-5-3-4-6-16(15)21/h3-10H,11H2,1-2H3,(H,22,26)(H,23,27)(H,24,29)/t20-/m1/s1. The van der Waals surface area contributed by atoms with Crippen LogP contribution in [0.4, 0.5) is 16.2 Å². The van der Waals surface area contributed by atoms with E-state index in [0.29, 0.717) is 21.4 Å². The molecule has 0 aromatic heterocycles. The van der Waals surface area contributed by atoms with E-state index in [0.717, 1.165) is 4.90 Å². The highest BCUT2D eigenvalue weighted by Gasteiger charge is 2.50. The third kappa shape index (κ3) is 4.29. The molecule has 1 heterocycles. The van der Waals surface area contributed by atoms with E-state index in [1.54, 1.807) is 55.5 Å². The van der Waals surface area contributed by atoms with Gasteiger partial charge in [0.25, 0.3) is 5.91 Å². The van der Waals surface area contributed by atoms with Crippen LogP contribution in [0.5, 0.6) is 0 Å². The largest absolute Gasteiger partial charge is 0.326 e. The topological polar surface area (TPSA) is 108 Å². The molecular weight excluding hydrogens is 440 g/mol. The molecule has 2 aromatic rings. The summed E-state index contributed by atoms with van der Waals surface area (Å²) in [5.74, 6) is -1.23. The van der Waals surface area contributed by atoms with Crippen LogP contribution in [0.2, 0.25) is 0 Å². The van der Waals surface area contributed by atoms with Gasteiger partial charge in [0.1, 0.15) is 12.1 Å².